The van der Waals surface area contributed by atoms with Crippen LogP contribution >= 0.6 is 11.3 Å². The molecule has 2 heterocycles. The van der Waals surface area contributed by atoms with Crippen molar-refractivity contribution in [3.8, 4) is 0 Å². The number of amides is 2. The van der Waals surface area contributed by atoms with Crippen LogP contribution in [-0.4, -0.2) is 21.0 Å². The number of nitrogens with zero attached hydrogens (tertiary/aromatic N) is 3. The summed E-state index contributed by atoms with van der Waals surface area (Å²) in [7, 11) is 0. The lowest BCUT2D eigenvalue weighted by Crippen LogP contribution is -2.33. The Morgan fingerprint density at radius 2 is 1.92 bits per heavy atom. The largest absolute Gasteiger partial charge is 0.324 e. The van der Waals surface area contributed by atoms with E-state index in [1.54, 1.807) is 18.6 Å². The summed E-state index contributed by atoms with van der Waals surface area (Å²) in [5.41, 5.74) is 1.52. The first-order chi connectivity index (χ1) is 11.8. The second kappa shape index (κ2) is 7.65. The van der Waals surface area contributed by atoms with Crippen LogP contribution in [0.3, 0.4) is 0 Å². The average molecular weight is 339 g/mol. The van der Waals surface area contributed by atoms with Crippen LogP contribution in [0, 0.1) is 0 Å². The molecular weight excluding hydrogens is 322 g/mol. The van der Waals surface area contributed by atoms with Gasteiger partial charge in [0.25, 0.3) is 0 Å². The molecule has 1 aromatic carbocycles. The molecule has 3 aromatic rings. The molecule has 0 unspecified atom stereocenters. The van der Waals surface area contributed by atoms with Crippen molar-refractivity contribution < 1.29 is 4.79 Å². The van der Waals surface area contributed by atoms with Crippen molar-refractivity contribution in [2.24, 2.45) is 0 Å². The van der Waals surface area contributed by atoms with Gasteiger partial charge in [-0.05, 0) is 5.56 Å². The lowest BCUT2D eigenvalue weighted by Gasteiger charge is -2.17. The zero-order chi connectivity index (χ0) is 16.8. The average Bonchev–Trinajstić information content (AvgIpc) is 3.15. The Bertz CT molecular complexity index is 775. The second-order valence-corrected chi connectivity index (χ2v) is 5.98. The van der Waals surface area contributed by atoms with Crippen molar-refractivity contribution >= 4 is 23.1 Å². The Kier molecular flexibility index (Phi) is 5.12. The summed E-state index contributed by atoms with van der Waals surface area (Å²) in [5.74, 6) is 0.742. The maximum absolute atomic E-state index is 12.3. The molecule has 2 amide bonds. The van der Waals surface area contributed by atoms with Crippen molar-refractivity contribution in [3.63, 3.8) is 0 Å². The molecular formula is C17H17N5OS. The number of benzene rings is 1. The van der Waals surface area contributed by atoms with Crippen LogP contribution in [0.15, 0.2) is 54.3 Å². The van der Waals surface area contributed by atoms with Gasteiger partial charge in [0.15, 0.2) is 0 Å². The molecule has 0 aliphatic heterocycles. The summed E-state index contributed by atoms with van der Waals surface area (Å²) >= 11 is 1.50. The van der Waals surface area contributed by atoms with Crippen molar-refractivity contribution in [2.45, 2.75) is 19.4 Å². The van der Waals surface area contributed by atoms with Crippen molar-refractivity contribution in [1.29, 1.82) is 0 Å². The van der Waals surface area contributed by atoms with Gasteiger partial charge >= 0.3 is 6.03 Å². The lowest BCUT2D eigenvalue weighted by atomic mass is 10.1. The molecule has 2 N–H and O–H groups in total. The number of urea groups is 1. The van der Waals surface area contributed by atoms with Crippen molar-refractivity contribution in [3.05, 3.63) is 70.7 Å². The highest BCUT2D eigenvalue weighted by molar-refractivity contribution is 7.09. The molecule has 0 saturated carbocycles. The third-order valence-corrected chi connectivity index (χ3v) is 4.23. The number of anilines is 1. The first-order valence-corrected chi connectivity index (χ1v) is 8.47. The molecule has 0 aliphatic carbocycles. The molecule has 0 fully saturated rings. The van der Waals surface area contributed by atoms with E-state index < -0.39 is 0 Å². The van der Waals surface area contributed by atoms with Crippen molar-refractivity contribution in [1.82, 2.24) is 20.3 Å². The van der Waals surface area contributed by atoms with E-state index in [-0.39, 0.29) is 12.1 Å². The van der Waals surface area contributed by atoms with Crippen LogP contribution in [0.1, 0.15) is 29.4 Å². The minimum absolute atomic E-state index is 0.304. The van der Waals surface area contributed by atoms with Crippen LogP contribution in [0.25, 0.3) is 0 Å². The standard InChI is InChI=1S/C17H17N5OS/c1-2-14-19-10-13(11-20-14)21-17(23)22-15(16-18-8-9-24-16)12-6-4-3-5-7-12/h3-11,15H,2H2,1H3,(H2,21,22,23)/t15-/m0/s1. The Labute approximate surface area is 144 Å². The zero-order valence-electron chi connectivity index (χ0n) is 13.1. The van der Waals surface area contributed by atoms with E-state index in [9.17, 15) is 4.79 Å². The third kappa shape index (κ3) is 3.94. The SMILES string of the molecule is CCc1ncc(NC(=O)N[C@@H](c2ccccc2)c2nccs2)cn1. The number of rotatable bonds is 5. The normalized spacial score (nSPS) is 11.7. The summed E-state index contributed by atoms with van der Waals surface area (Å²) in [5, 5.41) is 8.43. The number of hydrogen-bond donors (Lipinski definition) is 2. The lowest BCUT2D eigenvalue weighted by molar-refractivity contribution is 0.250. The van der Waals surface area contributed by atoms with Gasteiger partial charge < -0.3 is 10.6 Å². The molecule has 7 heteroatoms. The molecule has 0 radical (unpaired) electrons. The summed E-state index contributed by atoms with van der Waals surface area (Å²) in [4.78, 5) is 25.0. The van der Waals surface area contributed by atoms with E-state index in [2.05, 4.69) is 25.6 Å². The molecule has 6 nitrogen and oxygen atoms in total. The predicted octanol–water partition coefficient (Wildman–Crippen LogP) is 3.41. The fraction of sp³-hybridized carbons (Fsp3) is 0.176. The topological polar surface area (TPSA) is 79.8 Å². The number of carbonyl (C=O) groups is 1. The van der Waals surface area contributed by atoms with E-state index in [0.717, 1.165) is 22.8 Å². The molecule has 24 heavy (non-hydrogen) atoms. The molecule has 0 bridgehead atoms. The quantitative estimate of drug-likeness (QED) is 0.746. The minimum atomic E-state index is -0.327. The van der Waals surface area contributed by atoms with E-state index in [1.807, 2.05) is 42.6 Å². The number of carbonyl (C=O) groups excluding carboxylic acids is 1. The van der Waals surface area contributed by atoms with E-state index in [1.165, 1.54) is 11.3 Å². The van der Waals surface area contributed by atoms with Crippen LogP contribution in [-0.2, 0) is 6.42 Å². The van der Waals surface area contributed by atoms with Gasteiger partial charge in [-0.1, -0.05) is 37.3 Å². The first kappa shape index (κ1) is 16.1. The van der Waals surface area contributed by atoms with Gasteiger partial charge in [0, 0.05) is 18.0 Å². The molecule has 1 atom stereocenters. The molecule has 3 rings (SSSR count). The van der Waals surface area contributed by atoms with Gasteiger partial charge in [0.2, 0.25) is 0 Å². The Hall–Kier alpha value is -2.80. The second-order valence-electron chi connectivity index (χ2n) is 5.05. The fourth-order valence-electron chi connectivity index (χ4n) is 2.21. The number of aryl methyl sites for hydroxylation is 1. The van der Waals surface area contributed by atoms with Crippen molar-refractivity contribution in [2.75, 3.05) is 5.32 Å². The van der Waals surface area contributed by atoms with Gasteiger partial charge in [-0.3, -0.25) is 0 Å². The van der Waals surface area contributed by atoms with Crippen LogP contribution < -0.4 is 10.6 Å². The highest BCUT2D eigenvalue weighted by Crippen LogP contribution is 2.23. The van der Waals surface area contributed by atoms with Crippen LogP contribution in [0.4, 0.5) is 10.5 Å². The molecule has 0 saturated heterocycles. The third-order valence-electron chi connectivity index (χ3n) is 3.39. The van der Waals surface area contributed by atoms with Crippen LogP contribution in [0.5, 0.6) is 0 Å². The molecule has 2 aromatic heterocycles. The summed E-state index contributed by atoms with van der Waals surface area (Å²) < 4.78 is 0. The monoisotopic (exact) mass is 339 g/mol. The maximum atomic E-state index is 12.3. The number of nitrogens with one attached hydrogen (secondary N) is 2. The van der Waals surface area contributed by atoms with E-state index in [0.29, 0.717) is 5.69 Å². The van der Waals surface area contributed by atoms with Crippen LogP contribution in [0.2, 0.25) is 0 Å². The van der Waals surface area contributed by atoms with E-state index in [4.69, 9.17) is 0 Å². The van der Waals surface area contributed by atoms with Gasteiger partial charge in [0.05, 0.1) is 18.1 Å². The number of thiazole rings is 1. The Balaban J connectivity index is 1.73. The minimum Gasteiger partial charge on any atom is -0.324 e. The summed E-state index contributed by atoms with van der Waals surface area (Å²) in [6.45, 7) is 1.98. The maximum Gasteiger partial charge on any atom is 0.320 e. The van der Waals surface area contributed by atoms with Gasteiger partial charge in [0.1, 0.15) is 16.9 Å². The van der Waals surface area contributed by atoms with E-state index >= 15 is 0 Å². The Morgan fingerprint density at radius 3 is 2.54 bits per heavy atom. The van der Waals surface area contributed by atoms with Gasteiger partial charge in [-0.2, -0.15) is 0 Å². The summed E-state index contributed by atoms with van der Waals surface area (Å²) in [6, 6.07) is 9.11. The predicted molar refractivity (Wildman–Crippen MR) is 94.0 cm³/mol. The first-order valence-electron chi connectivity index (χ1n) is 7.59. The number of aromatic nitrogens is 3. The molecule has 122 valence electrons. The number of hydrogen-bond acceptors (Lipinski definition) is 5. The highest BCUT2D eigenvalue weighted by atomic mass is 32.1. The zero-order valence-corrected chi connectivity index (χ0v) is 14.0. The molecule has 0 spiro atoms. The van der Waals surface area contributed by atoms with Gasteiger partial charge in [-0.25, -0.2) is 19.7 Å². The highest BCUT2D eigenvalue weighted by Gasteiger charge is 2.19. The smallest absolute Gasteiger partial charge is 0.320 e. The fourth-order valence-corrected chi connectivity index (χ4v) is 2.92. The molecule has 0 aliphatic rings. The Morgan fingerprint density at radius 1 is 1.17 bits per heavy atom. The summed E-state index contributed by atoms with van der Waals surface area (Å²) in [6.07, 6.45) is 5.69. The van der Waals surface area contributed by atoms with Gasteiger partial charge in [-0.15, -0.1) is 11.3 Å².